The predicted molar refractivity (Wildman–Crippen MR) is 135 cm³/mol. The molecule has 1 N–H and O–H groups in total. The molecule has 0 spiro atoms. The van der Waals surface area contributed by atoms with Gasteiger partial charge >= 0.3 is 12.3 Å². The molecule has 196 valence electrons. The number of alkyl halides is 3. The SMILES string of the molecule is Cc1c(-c2noc3cc(Cl)ccc23)c2ccc(OC(F)(F)F)cc2n1Cc1cccc(O[C@@H](C)C(=O)O)c1. The Balaban J connectivity index is 1.65. The van der Waals surface area contributed by atoms with E-state index >= 15 is 0 Å². The molecule has 2 heterocycles. The van der Waals surface area contributed by atoms with Crippen molar-refractivity contribution in [3.8, 4) is 22.8 Å². The highest BCUT2D eigenvalue weighted by Gasteiger charge is 2.31. The van der Waals surface area contributed by atoms with Crippen LogP contribution in [0.25, 0.3) is 33.1 Å². The number of halogens is 4. The van der Waals surface area contributed by atoms with Crippen LogP contribution in [0.5, 0.6) is 11.5 Å². The maximum Gasteiger partial charge on any atom is 0.573 e. The molecule has 0 aliphatic rings. The van der Waals surface area contributed by atoms with Crippen molar-refractivity contribution in [2.24, 2.45) is 0 Å². The smallest absolute Gasteiger partial charge is 0.479 e. The number of aliphatic carboxylic acids is 1. The molecule has 0 aliphatic carbocycles. The Kier molecular flexibility index (Phi) is 6.44. The highest BCUT2D eigenvalue weighted by Crippen LogP contribution is 2.40. The van der Waals surface area contributed by atoms with Crippen molar-refractivity contribution < 1.29 is 37.1 Å². The van der Waals surface area contributed by atoms with Crippen molar-refractivity contribution in [1.82, 2.24) is 9.72 Å². The van der Waals surface area contributed by atoms with Crippen molar-refractivity contribution >= 4 is 39.4 Å². The second-order valence-electron chi connectivity index (χ2n) is 8.69. The van der Waals surface area contributed by atoms with E-state index in [1.165, 1.54) is 19.1 Å². The van der Waals surface area contributed by atoms with Crippen LogP contribution in [0.2, 0.25) is 5.02 Å². The van der Waals surface area contributed by atoms with Crippen LogP contribution in [0.3, 0.4) is 0 Å². The number of rotatable bonds is 7. The van der Waals surface area contributed by atoms with Gasteiger partial charge in [0.05, 0.1) is 5.52 Å². The van der Waals surface area contributed by atoms with Crippen molar-refractivity contribution in [3.63, 3.8) is 0 Å². The number of ether oxygens (including phenoxy) is 2. The van der Waals surface area contributed by atoms with Gasteiger partial charge in [0.15, 0.2) is 11.7 Å². The maximum atomic E-state index is 13.0. The molecule has 0 saturated heterocycles. The van der Waals surface area contributed by atoms with Crippen LogP contribution < -0.4 is 9.47 Å². The van der Waals surface area contributed by atoms with E-state index in [0.29, 0.717) is 43.9 Å². The summed E-state index contributed by atoms with van der Waals surface area (Å²) >= 11 is 6.09. The predicted octanol–water partition coefficient (Wildman–Crippen LogP) is 7.21. The Morgan fingerprint density at radius 1 is 1.11 bits per heavy atom. The summed E-state index contributed by atoms with van der Waals surface area (Å²) in [5, 5.41) is 15.2. The lowest BCUT2D eigenvalue weighted by molar-refractivity contribution is -0.274. The summed E-state index contributed by atoms with van der Waals surface area (Å²) in [7, 11) is 0. The van der Waals surface area contributed by atoms with E-state index in [9.17, 15) is 18.0 Å². The lowest BCUT2D eigenvalue weighted by Crippen LogP contribution is -2.22. The summed E-state index contributed by atoms with van der Waals surface area (Å²) in [6.07, 6.45) is -5.90. The first-order valence-corrected chi connectivity index (χ1v) is 11.8. The molecule has 0 aliphatic heterocycles. The molecule has 0 fully saturated rings. The van der Waals surface area contributed by atoms with Crippen LogP contribution in [0, 0.1) is 6.92 Å². The fraction of sp³-hybridized carbons (Fsp3) is 0.185. The van der Waals surface area contributed by atoms with Gasteiger partial charge < -0.3 is 23.7 Å². The Labute approximate surface area is 218 Å². The molecular formula is C27H20ClF3N2O5. The van der Waals surface area contributed by atoms with Gasteiger partial charge in [-0.1, -0.05) is 28.9 Å². The first-order chi connectivity index (χ1) is 18.0. The van der Waals surface area contributed by atoms with Gasteiger partial charge in [-0.25, -0.2) is 4.79 Å². The molecule has 0 radical (unpaired) electrons. The van der Waals surface area contributed by atoms with E-state index in [1.54, 1.807) is 42.5 Å². The highest BCUT2D eigenvalue weighted by atomic mass is 35.5. The molecule has 3 aromatic carbocycles. The van der Waals surface area contributed by atoms with Crippen LogP contribution in [0.4, 0.5) is 13.2 Å². The van der Waals surface area contributed by atoms with Gasteiger partial charge in [0.1, 0.15) is 17.2 Å². The van der Waals surface area contributed by atoms with Gasteiger partial charge in [-0.15, -0.1) is 13.2 Å². The third-order valence-corrected chi connectivity index (χ3v) is 6.34. The Hall–Kier alpha value is -4.18. The van der Waals surface area contributed by atoms with E-state index in [2.05, 4.69) is 9.89 Å². The van der Waals surface area contributed by atoms with E-state index < -0.39 is 18.4 Å². The summed E-state index contributed by atoms with van der Waals surface area (Å²) in [5.74, 6) is -1.11. The first-order valence-electron chi connectivity index (χ1n) is 11.4. The zero-order chi connectivity index (χ0) is 27.2. The van der Waals surface area contributed by atoms with Crippen LogP contribution in [-0.4, -0.2) is 33.3 Å². The molecule has 7 nitrogen and oxygen atoms in total. The average Bonchev–Trinajstić information content (AvgIpc) is 3.36. The number of carboxylic acid groups (broad SMARTS) is 1. The highest BCUT2D eigenvalue weighted by molar-refractivity contribution is 6.31. The average molecular weight is 545 g/mol. The molecule has 2 aromatic heterocycles. The number of benzene rings is 3. The zero-order valence-electron chi connectivity index (χ0n) is 20.0. The molecule has 5 aromatic rings. The summed E-state index contributed by atoms with van der Waals surface area (Å²) < 4.78 is 56.0. The summed E-state index contributed by atoms with van der Waals surface area (Å²) in [4.78, 5) is 11.2. The minimum atomic E-state index is -4.85. The van der Waals surface area contributed by atoms with Gasteiger partial charge in [0.25, 0.3) is 0 Å². The van der Waals surface area contributed by atoms with Gasteiger partial charge in [0, 0.05) is 45.7 Å². The third-order valence-electron chi connectivity index (χ3n) is 6.10. The third kappa shape index (κ3) is 4.99. The van der Waals surface area contributed by atoms with E-state index in [0.717, 1.165) is 11.3 Å². The number of hydrogen-bond acceptors (Lipinski definition) is 5. The topological polar surface area (TPSA) is 86.7 Å². The fourth-order valence-corrected chi connectivity index (χ4v) is 4.56. The Morgan fingerprint density at radius 3 is 2.61 bits per heavy atom. The standard InChI is InChI=1S/C27H20ClF3N2O5/c1-14-24(25-21-8-6-17(28)11-23(21)38-32-25)20-9-7-19(37-27(29,30)31)12-22(20)33(14)13-16-4-3-5-18(10-16)36-15(2)26(34)35/h3-12,15H,13H2,1-2H3,(H,34,35)/t15-/m0/s1. The molecule has 0 bridgehead atoms. The monoisotopic (exact) mass is 544 g/mol. The Morgan fingerprint density at radius 2 is 1.87 bits per heavy atom. The van der Waals surface area contributed by atoms with Gasteiger partial charge in [0.2, 0.25) is 0 Å². The molecule has 0 amide bonds. The van der Waals surface area contributed by atoms with Gasteiger partial charge in [-0.2, -0.15) is 0 Å². The van der Waals surface area contributed by atoms with Crippen molar-refractivity contribution in [3.05, 3.63) is 76.9 Å². The summed E-state index contributed by atoms with van der Waals surface area (Å²) in [6.45, 7) is 3.50. The minimum absolute atomic E-state index is 0.248. The molecule has 0 unspecified atom stereocenters. The second kappa shape index (κ2) is 9.60. The lowest BCUT2D eigenvalue weighted by Gasteiger charge is -2.14. The first kappa shape index (κ1) is 25.5. The largest absolute Gasteiger partial charge is 0.573 e. The molecule has 1 atom stereocenters. The number of aromatic nitrogens is 2. The minimum Gasteiger partial charge on any atom is -0.479 e. The number of hydrogen-bond donors (Lipinski definition) is 1. The van der Waals surface area contributed by atoms with Crippen LogP contribution in [0.1, 0.15) is 18.2 Å². The van der Waals surface area contributed by atoms with Crippen LogP contribution >= 0.6 is 11.6 Å². The molecule has 11 heteroatoms. The lowest BCUT2D eigenvalue weighted by atomic mass is 10.0. The number of fused-ring (bicyclic) bond motifs is 2. The summed E-state index contributed by atoms with van der Waals surface area (Å²) in [5.41, 5.74) is 3.63. The van der Waals surface area contributed by atoms with Crippen molar-refractivity contribution in [2.45, 2.75) is 32.9 Å². The maximum absolute atomic E-state index is 13.0. The quantitative estimate of drug-likeness (QED) is 0.233. The molecular weight excluding hydrogens is 525 g/mol. The molecule has 5 rings (SSSR count). The van der Waals surface area contributed by atoms with Crippen LogP contribution in [-0.2, 0) is 11.3 Å². The molecule has 0 saturated carbocycles. The van der Waals surface area contributed by atoms with E-state index in [1.807, 2.05) is 17.6 Å². The van der Waals surface area contributed by atoms with Crippen molar-refractivity contribution in [1.29, 1.82) is 0 Å². The van der Waals surface area contributed by atoms with Gasteiger partial charge in [-0.05, 0) is 55.8 Å². The van der Waals surface area contributed by atoms with E-state index in [-0.39, 0.29) is 12.3 Å². The van der Waals surface area contributed by atoms with Crippen LogP contribution in [0.15, 0.2) is 65.2 Å². The number of carboxylic acids is 1. The fourth-order valence-electron chi connectivity index (χ4n) is 4.40. The molecule has 38 heavy (non-hydrogen) atoms. The second-order valence-corrected chi connectivity index (χ2v) is 9.13. The zero-order valence-corrected chi connectivity index (χ0v) is 20.8. The van der Waals surface area contributed by atoms with Crippen molar-refractivity contribution in [2.75, 3.05) is 0 Å². The summed E-state index contributed by atoms with van der Waals surface area (Å²) in [6, 6.07) is 16.1. The normalized spacial score (nSPS) is 12.7. The van der Waals surface area contributed by atoms with Gasteiger partial charge in [-0.3, -0.25) is 0 Å². The number of nitrogens with zero attached hydrogens (tertiary/aromatic N) is 2. The number of carbonyl (C=O) groups is 1. The Bertz CT molecular complexity index is 1680. The van der Waals surface area contributed by atoms with E-state index in [4.69, 9.17) is 26.0 Å².